The fourth-order valence-corrected chi connectivity index (χ4v) is 3.05. The first kappa shape index (κ1) is 17.0. The van der Waals surface area contributed by atoms with E-state index in [-0.39, 0.29) is 0 Å². The fourth-order valence-electron chi connectivity index (χ4n) is 2.93. The van der Waals surface area contributed by atoms with Gasteiger partial charge in [0.15, 0.2) is 0 Å². The second kappa shape index (κ2) is 7.77. The van der Waals surface area contributed by atoms with Gasteiger partial charge in [-0.3, -0.25) is 4.90 Å². The molecule has 0 amide bonds. The van der Waals surface area contributed by atoms with Crippen molar-refractivity contribution in [2.75, 3.05) is 13.1 Å². The van der Waals surface area contributed by atoms with Crippen molar-refractivity contribution in [3.8, 4) is 0 Å². The van der Waals surface area contributed by atoms with Gasteiger partial charge in [0.1, 0.15) is 0 Å². The van der Waals surface area contributed by atoms with E-state index in [1.165, 1.54) is 27.8 Å². The van der Waals surface area contributed by atoms with Gasteiger partial charge in [-0.05, 0) is 55.2 Å². The minimum Gasteiger partial charge on any atom is -0.329 e. The molecule has 22 heavy (non-hydrogen) atoms. The highest BCUT2D eigenvalue weighted by Crippen LogP contribution is 2.20. The van der Waals surface area contributed by atoms with Gasteiger partial charge in [-0.2, -0.15) is 0 Å². The first-order chi connectivity index (χ1) is 10.5. The van der Waals surface area contributed by atoms with Crippen molar-refractivity contribution in [3.63, 3.8) is 0 Å². The number of rotatable bonds is 6. The SMILES string of the molecule is Cc1cc(C)c(CN(CCN)Cc2ccc(Cl)cc2)c(C)c1. The smallest absolute Gasteiger partial charge is 0.0406 e. The highest BCUT2D eigenvalue weighted by Gasteiger charge is 2.11. The minimum atomic E-state index is 0.664. The molecule has 3 heteroatoms. The number of nitrogens with two attached hydrogens (primary N) is 1. The zero-order valence-corrected chi connectivity index (χ0v) is 14.5. The Morgan fingerprint density at radius 1 is 0.955 bits per heavy atom. The lowest BCUT2D eigenvalue weighted by Crippen LogP contribution is -2.29. The van der Waals surface area contributed by atoms with Crippen LogP contribution >= 0.6 is 11.6 Å². The van der Waals surface area contributed by atoms with Crippen LogP contribution in [0.4, 0.5) is 0 Å². The highest BCUT2D eigenvalue weighted by atomic mass is 35.5. The molecular weight excluding hydrogens is 292 g/mol. The maximum Gasteiger partial charge on any atom is 0.0406 e. The van der Waals surface area contributed by atoms with Crippen LogP contribution < -0.4 is 5.73 Å². The molecule has 0 aromatic heterocycles. The monoisotopic (exact) mass is 316 g/mol. The number of hydrogen-bond donors (Lipinski definition) is 1. The van der Waals surface area contributed by atoms with Crippen molar-refractivity contribution in [2.24, 2.45) is 5.73 Å². The largest absolute Gasteiger partial charge is 0.329 e. The lowest BCUT2D eigenvalue weighted by Gasteiger charge is -2.24. The molecule has 0 heterocycles. The Bertz CT molecular complexity index is 597. The molecule has 118 valence electrons. The van der Waals surface area contributed by atoms with Gasteiger partial charge in [-0.1, -0.05) is 41.4 Å². The van der Waals surface area contributed by atoms with E-state index in [0.717, 1.165) is 24.7 Å². The maximum atomic E-state index is 5.96. The molecule has 0 aliphatic carbocycles. The van der Waals surface area contributed by atoms with Gasteiger partial charge < -0.3 is 5.73 Å². The average molecular weight is 317 g/mol. The van der Waals surface area contributed by atoms with Crippen molar-refractivity contribution < 1.29 is 0 Å². The molecule has 0 bridgehead atoms. The summed E-state index contributed by atoms with van der Waals surface area (Å²) >= 11 is 5.96. The zero-order valence-electron chi connectivity index (χ0n) is 13.7. The van der Waals surface area contributed by atoms with Crippen molar-refractivity contribution in [2.45, 2.75) is 33.9 Å². The van der Waals surface area contributed by atoms with E-state index in [4.69, 9.17) is 17.3 Å². The molecule has 0 atom stereocenters. The summed E-state index contributed by atoms with van der Waals surface area (Å²) < 4.78 is 0. The van der Waals surface area contributed by atoms with Gasteiger partial charge in [0.25, 0.3) is 0 Å². The van der Waals surface area contributed by atoms with E-state index in [0.29, 0.717) is 6.54 Å². The van der Waals surface area contributed by atoms with E-state index in [9.17, 15) is 0 Å². The minimum absolute atomic E-state index is 0.664. The number of hydrogen-bond acceptors (Lipinski definition) is 2. The zero-order chi connectivity index (χ0) is 16.1. The Labute approximate surface area is 138 Å². The Balaban J connectivity index is 2.16. The molecule has 0 aliphatic rings. The summed E-state index contributed by atoms with van der Waals surface area (Å²) in [5.74, 6) is 0. The number of halogens is 1. The molecule has 2 N–H and O–H groups in total. The third kappa shape index (κ3) is 4.57. The Kier molecular flexibility index (Phi) is 6.01. The molecule has 0 fully saturated rings. The molecule has 0 aliphatic heterocycles. The van der Waals surface area contributed by atoms with Gasteiger partial charge in [0.2, 0.25) is 0 Å². The standard InChI is InChI=1S/C19H25ClN2/c1-14-10-15(2)19(16(3)11-14)13-22(9-8-21)12-17-4-6-18(20)7-5-17/h4-7,10-11H,8-9,12-13,21H2,1-3H3. The molecule has 0 saturated heterocycles. The second-order valence-corrected chi connectivity index (χ2v) is 6.44. The number of aryl methyl sites for hydroxylation is 3. The van der Waals surface area contributed by atoms with Crippen molar-refractivity contribution in [3.05, 3.63) is 69.2 Å². The van der Waals surface area contributed by atoms with Gasteiger partial charge in [0, 0.05) is 31.2 Å². The lowest BCUT2D eigenvalue weighted by atomic mass is 9.99. The average Bonchev–Trinajstić information content (AvgIpc) is 2.45. The molecule has 0 unspecified atom stereocenters. The quantitative estimate of drug-likeness (QED) is 0.864. The van der Waals surface area contributed by atoms with Crippen molar-refractivity contribution in [1.82, 2.24) is 4.90 Å². The van der Waals surface area contributed by atoms with Crippen LogP contribution in [0.3, 0.4) is 0 Å². The van der Waals surface area contributed by atoms with E-state index >= 15 is 0 Å². The van der Waals surface area contributed by atoms with Crippen LogP contribution in [0.15, 0.2) is 36.4 Å². The van der Waals surface area contributed by atoms with E-state index in [1.54, 1.807) is 0 Å². The summed E-state index contributed by atoms with van der Waals surface area (Å²) in [7, 11) is 0. The van der Waals surface area contributed by atoms with Gasteiger partial charge in [-0.15, -0.1) is 0 Å². The fraction of sp³-hybridized carbons (Fsp3) is 0.368. The summed E-state index contributed by atoms with van der Waals surface area (Å²) in [5.41, 5.74) is 12.5. The molecule has 2 rings (SSSR count). The van der Waals surface area contributed by atoms with Gasteiger partial charge in [-0.25, -0.2) is 0 Å². The second-order valence-electron chi connectivity index (χ2n) is 6.00. The predicted molar refractivity (Wildman–Crippen MR) is 95.3 cm³/mol. The van der Waals surface area contributed by atoms with Crippen LogP contribution in [0, 0.1) is 20.8 Å². The van der Waals surface area contributed by atoms with Crippen LogP contribution in [0.25, 0.3) is 0 Å². The summed E-state index contributed by atoms with van der Waals surface area (Å²) in [6.07, 6.45) is 0. The summed E-state index contributed by atoms with van der Waals surface area (Å²) in [4.78, 5) is 2.40. The van der Waals surface area contributed by atoms with Crippen LogP contribution in [0.2, 0.25) is 5.02 Å². The molecule has 0 saturated carbocycles. The molecule has 0 spiro atoms. The molecule has 2 nitrogen and oxygen atoms in total. The van der Waals surface area contributed by atoms with Crippen molar-refractivity contribution in [1.29, 1.82) is 0 Å². The van der Waals surface area contributed by atoms with E-state index in [2.05, 4.69) is 49.9 Å². The lowest BCUT2D eigenvalue weighted by molar-refractivity contribution is 0.263. The number of nitrogens with zero attached hydrogens (tertiary/aromatic N) is 1. The molecule has 2 aromatic rings. The van der Waals surface area contributed by atoms with Crippen LogP contribution in [0.5, 0.6) is 0 Å². The topological polar surface area (TPSA) is 29.3 Å². The maximum absolute atomic E-state index is 5.96. The summed E-state index contributed by atoms with van der Waals surface area (Å²) in [6, 6.07) is 12.6. The summed E-state index contributed by atoms with van der Waals surface area (Å²) in [5, 5.41) is 0.777. The first-order valence-electron chi connectivity index (χ1n) is 7.73. The third-order valence-corrected chi connectivity index (χ3v) is 4.24. The third-order valence-electron chi connectivity index (χ3n) is 3.99. The van der Waals surface area contributed by atoms with Gasteiger partial charge >= 0.3 is 0 Å². The normalized spacial score (nSPS) is 11.2. The van der Waals surface area contributed by atoms with E-state index in [1.807, 2.05) is 12.1 Å². The first-order valence-corrected chi connectivity index (χ1v) is 8.11. The Morgan fingerprint density at radius 2 is 1.55 bits per heavy atom. The van der Waals surface area contributed by atoms with Gasteiger partial charge in [0.05, 0.1) is 0 Å². The molecular formula is C19H25ClN2. The molecule has 2 aromatic carbocycles. The Morgan fingerprint density at radius 3 is 2.09 bits per heavy atom. The highest BCUT2D eigenvalue weighted by molar-refractivity contribution is 6.30. The predicted octanol–water partition coefficient (Wildman–Crippen LogP) is 4.23. The Hall–Kier alpha value is -1.35. The van der Waals surface area contributed by atoms with Crippen molar-refractivity contribution >= 4 is 11.6 Å². The summed E-state index contributed by atoms with van der Waals surface area (Å²) in [6.45, 7) is 9.90. The van der Waals surface area contributed by atoms with Crippen LogP contribution in [-0.2, 0) is 13.1 Å². The van der Waals surface area contributed by atoms with E-state index < -0.39 is 0 Å². The van der Waals surface area contributed by atoms with Crippen LogP contribution in [-0.4, -0.2) is 18.0 Å². The van der Waals surface area contributed by atoms with Crippen LogP contribution in [0.1, 0.15) is 27.8 Å². The molecule has 0 radical (unpaired) electrons. The number of benzene rings is 2.